The fraction of sp³-hybridized carbons (Fsp3) is 0.588. The highest BCUT2D eigenvalue weighted by molar-refractivity contribution is 5.85. The number of hydrogen-bond acceptors (Lipinski definition) is 4. The van der Waals surface area contributed by atoms with E-state index in [1.807, 2.05) is 38.1 Å². The second kappa shape index (κ2) is 6.94. The second-order valence-electron chi connectivity index (χ2n) is 5.68. The Morgan fingerprint density at radius 2 is 2.00 bits per heavy atom. The molecule has 0 unspecified atom stereocenters. The predicted octanol–water partition coefficient (Wildman–Crippen LogP) is 3.30. The average Bonchev–Trinajstić information content (AvgIpc) is 2.50. The first-order valence-corrected chi connectivity index (χ1v) is 7.65. The van der Waals surface area contributed by atoms with E-state index in [9.17, 15) is 4.79 Å². The van der Waals surface area contributed by atoms with Gasteiger partial charge in [0.1, 0.15) is 5.54 Å². The van der Waals surface area contributed by atoms with Crippen LogP contribution in [-0.4, -0.2) is 31.3 Å². The molecule has 2 rings (SSSR count). The zero-order valence-corrected chi connectivity index (χ0v) is 13.1. The molecule has 0 bridgehead atoms. The van der Waals surface area contributed by atoms with Crippen molar-refractivity contribution in [2.24, 2.45) is 0 Å². The lowest BCUT2D eigenvalue weighted by Crippen LogP contribution is -2.51. The van der Waals surface area contributed by atoms with E-state index in [1.54, 1.807) is 7.11 Å². The summed E-state index contributed by atoms with van der Waals surface area (Å²) in [5, 5.41) is 3.46. The van der Waals surface area contributed by atoms with E-state index in [4.69, 9.17) is 9.47 Å². The van der Waals surface area contributed by atoms with E-state index in [0.717, 1.165) is 36.9 Å². The molecule has 116 valence electrons. The quantitative estimate of drug-likeness (QED) is 0.846. The SMILES string of the molecule is CCOC(=O)C1(Nc2ccccc2C)CCC(OC)CC1. The second-order valence-corrected chi connectivity index (χ2v) is 5.68. The molecule has 0 spiro atoms. The number of para-hydroxylation sites is 1. The molecule has 0 radical (unpaired) electrons. The van der Waals surface area contributed by atoms with Crippen LogP contribution >= 0.6 is 0 Å². The van der Waals surface area contributed by atoms with Gasteiger partial charge < -0.3 is 14.8 Å². The maximum Gasteiger partial charge on any atom is 0.331 e. The number of hydrogen-bond donors (Lipinski definition) is 1. The molecule has 0 heterocycles. The number of benzene rings is 1. The highest BCUT2D eigenvalue weighted by Crippen LogP contribution is 2.35. The molecule has 1 aliphatic carbocycles. The Balaban J connectivity index is 2.21. The molecule has 1 saturated carbocycles. The molecule has 0 atom stereocenters. The lowest BCUT2D eigenvalue weighted by Gasteiger charge is -2.39. The zero-order chi connectivity index (χ0) is 15.3. The van der Waals surface area contributed by atoms with Crippen LogP contribution in [0.25, 0.3) is 0 Å². The maximum atomic E-state index is 12.5. The van der Waals surface area contributed by atoms with Gasteiger partial charge in [-0.15, -0.1) is 0 Å². The van der Waals surface area contributed by atoms with Crippen LogP contribution < -0.4 is 5.32 Å². The highest BCUT2D eigenvalue weighted by atomic mass is 16.5. The molecule has 1 N–H and O–H groups in total. The van der Waals surface area contributed by atoms with Crippen LogP contribution in [-0.2, 0) is 14.3 Å². The van der Waals surface area contributed by atoms with Gasteiger partial charge in [-0.25, -0.2) is 4.79 Å². The molecule has 21 heavy (non-hydrogen) atoms. The maximum absolute atomic E-state index is 12.5. The number of carbonyl (C=O) groups excluding carboxylic acids is 1. The molecule has 0 saturated heterocycles. The van der Waals surface area contributed by atoms with Gasteiger partial charge in [-0.05, 0) is 51.2 Å². The van der Waals surface area contributed by atoms with Crippen molar-refractivity contribution < 1.29 is 14.3 Å². The molecule has 1 aromatic carbocycles. The molecule has 0 amide bonds. The summed E-state index contributed by atoms with van der Waals surface area (Å²) in [7, 11) is 1.73. The van der Waals surface area contributed by atoms with Gasteiger partial charge in [-0.3, -0.25) is 0 Å². The molecule has 4 nitrogen and oxygen atoms in total. The fourth-order valence-corrected chi connectivity index (χ4v) is 2.94. The van der Waals surface area contributed by atoms with Gasteiger partial charge >= 0.3 is 5.97 Å². The van der Waals surface area contributed by atoms with Gasteiger partial charge in [0.2, 0.25) is 0 Å². The minimum absolute atomic E-state index is 0.150. The van der Waals surface area contributed by atoms with Crippen LogP contribution in [0.4, 0.5) is 5.69 Å². The van der Waals surface area contributed by atoms with E-state index in [1.165, 1.54) is 0 Å². The number of nitrogens with one attached hydrogen (secondary N) is 1. The number of esters is 1. The van der Waals surface area contributed by atoms with Crippen molar-refractivity contribution in [2.45, 2.75) is 51.2 Å². The summed E-state index contributed by atoms with van der Waals surface area (Å²) < 4.78 is 10.7. The fourth-order valence-electron chi connectivity index (χ4n) is 2.94. The molecule has 1 aliphatic rings. The minimum Gasteiger partial charge on any atom is -0.464 e. The molecular weight excluding hydrogens is 266 g/mol. The van der Waals surface area contributed by atoms with Crippen molar-refractivity contribution in [1.82, 2.24) is 0 Å². The average molecular weight is 291 g/mol. The monoisotopic (exact) mass is 291 g/mol. The summed E-state index contributed by atoms with van der Waals surface area (Å²) >= 11 is 0. The van der Waals surface area contributed by atoms with E-state index >= 15 is 0 Å². The van der Waals surface area contributed by atoms with Crippen molar-refractivity contribution in [3.63, 3.8) is 0 Å². The summed E-state index contributed by atoms with van der Waals surface area (Å²) in [5.74, 6) is -0.150. The number of anilines is 1. The molecule has 1 aromatic rings. The van der Waals surface area contributed by atoms with Crippen LogP contribution in [0.2, 0.25) is 0 Å². The number of ether oxygens (including phenoxy) is 2. The van der Waals surface area contributed by atoms with Gasteiger partial charge in [-0.2, -0.15) is 0 Å². The first-order chi connectivity index (χ1) is 10.1. The number of rotatable bonds is 5. The molecule has 1 fully saturated rings. The lowest BCUT2D eigenvalue weighted by atomic mass is 9.80. The van der Waals surface area contributed by atoms with E-state index in [2.05, 4.69) is 5.32 Å². The highest BCUT2D eigenvalue weighted by Gasteiger charge is 2.43. The lowest BCUT2D eigenvalue weighted by molar-refractivity contribution is -0.150. The first kappa shape index (κ1) is 15.8. The molecule has 4 heteroatoms. The van der Waals surface area contributed by atoms with Crippen molar-refractivity contribution >= 4 is 11.7 Å². The number of carbonyl (C=O) groups is 1. The van der Waals surface area contributed by atoms with Gasteiger partial charge in [-0.1, -0.05) is 18.2 Å². The topological polar surface area (TPSA) is 47.6 Å². The standard InChI is InChI=1S/C17H25NO3/c1-4-21-16(19)17(11-9-14(20-3)10-12-17)18-15-8-6-5-7-13(15)2/h5-8,14,18H,4,9-12H2,1-3H3. The Morgan fingerprint density at radius 3 is 2.57 bits per heavy atom. The third-order valence-electron chi connectivity index (χ3n) is 4.30. The summed E-state index contributed by atoms with van der Waals surface area (Å²) in [4.78, 5) is 12.5. The van der Waals surface area contributed by atoms with Gasteiger partial charge in [0.05, 0.1) is 12.7 Å². The summed E-state index contributed by atoms with van der Waals surface area (Å²) in [6, 6.07) is 8.04. The molecule has 0 aromatic heterocycles. The van der Waals surface area contributed by atoms with Crippen LogP contribution in [0.15, 0.2) is 24.3 Å². The van der Waals surface area contributed by atoms with Crippen molar-refractivity contribution in [2.75, 3.05) is 19.0 Å². The van der Waals surface area contributed by atoms with E-state index in [0.29, 0.717) is 6.61 Å². The molecule has 0 aliphatic heterocycles. The van der Waals surface area contributed by atoms with Crippen molar-refractivity contribution in [3.8, 4) is 0 Å². The summed E-state index contributed by atoms with van der Waals surface area (Å²) in [6.45, 7) is 4.30. The van der Waals surface area contributed by atoms with Gasteiger partial charge in [0, 0.05) is 12.8 Å². The Hall–Kier alpha value is -1.55. The smallest absolute Gasteiger partial charge is 0.331 e. The van der Waals surface area contributed by atoms with Crippen LogP contribution in [0.5, 0.6) is 0 Å². The van der Waals surface area contributed by atoms with E-state index in [-0.39, 0.29) is 12.1 Å². The molecular formula is C17H25NO3. The predicted molar refractivity (Wildman–Crippen MR) is 83.4 cm³/mol. The Labute approximate surface area is 126 Å². The zero-order valence-electron chi connectivity index (χ0n) is 13.1. The minimum atomic E-state index is -0.628. The van der Waals surface area contributed by atoms with Gasteiger partial charge in [0.15, 0.2) is 0 Å². The van der Waals surface area contributed by atoms with Crippen molar-refractivity contribution in [1.29, 1.82) is 0 Å². The largest absolute Gasteiger partial charge is 0.464 e. The summed E-state index contributed by atoms with van der Waals surface area (Å²) in [5.41, 5.74) is 1.51. The van der Waals surface area contributed by atoms with Crippen LogP contribution in [0.1, 0.15) is 38.2 Å². The van der Waals surface area contributed by atoms with Crippen molar-refractivity contribution in [3.05, 3.63) is 29.8 Å². The number of methoxy groups -OCH3 is 1. The number of aryl methyl sites for hydroxylation is 1. The first-order valence-electron chi connectivity index (χ1n) is 7.65. The van der Waals surface area contributed by atoms with Gasteiger partial charge in [0.25, 0.3) is 0 Å². The summed E-state index contributed by atoms with van der Waals surface area (Å²) in [6.07, 6.45) is 3.45. The Kier molecular flexibility index (Phi) is 5.23. The third kappa shape index (κ3) is 3.56. The Bertz CT molecular complexity index is 479. The Morgan fingerprint density at radius 1 is 1.33 bits per heavy atom. The van der Waals surface area contributed by atoms with Crippen LogP contribution in [0, 0.1) is 6.92 Å². The van der Waals surface area contributed by atoms with E-state index < -0.39 is 5.54 Å². The third-order valence-corrected chi connectivity index (χ3v) is 4.30. The normalized spacial score (nSPS) is 25.4. The van der Waals surface area contributed by atoms with Crippen LogP contribution in [0.3, 0.4) is 0 Å².